The molecule has 0 aliphatic carbocycles. The van der Waals surface area contributed by atoms with Crippen LogP contribution in [0.25, 0.3) is 11.5 Å². The summed E-state index contributed by atoms with van der Waals surface area (Å²) in [5.41, 5.74) is 0.00362. The number of likely N-dealkylation sites (N-methyl/N-ethyl adjacent to an activating group) is 1. The van der Waals surface area contributed by atoms with Gasteiger partial charge in [0.1, 0.15) is 5.60 Å². The maximum atomic E-state index is 12.1. The van der Waals surface area contributed by atoms with E-state index in [9.17, 15) is 14.9 Å². The molecule has 2 rings (SSSR count). The summed E-state index contributed by atoms with van der Waals surface area (Å²) in [5.74, 6) is 0.697. The van der Waals surface area contributed by atoms with Crippen LogP contribution in [0.5, 0.6) is 0 Å². The molecule has 1 aromatic carbocycles. The predicted molar refractivity (Wildman–Crippen MR) is 93.6 cm³/mol. The number of hydrogen-bond acceptors (Lipinski definition) is 7. The summed E-state index contributed by atoms with van der Waals surface area (Å²) < 4.78 is 10.5. The van der Waals surface area contributed by atoms with Gasteiger partial charge in [0.15, 0.2) is 5.82 Å². The number of non-ortho nitro benzene ring substituents is 1. The number of nitro groups is 1. The zero-order valence-corrected chi connectivity index (χ0v) is 15.4. The highest BCUT2D eigenvalue weighted by molar-refractivity contribution is 5.68. The maximum absolute atomic E-state index is 12.1. The Morgan fingerprint density at radius 1 is 1.35 bits per heavy atom. The van der Waals surface area contributed by atoms with E-state index < -0.39 is 16.6 Å². The van der Waals surface area contributed by atoms with Gasteiger partial charge in [-0.05, 0) is 39.8 Å². The number of aromatic nitrogens is 2. The molecule has 0 bridgehead atoms. The third kappa shape index (κ3) is 5.01. The molecule has 2 aromatic rings. The van der Waals surface area contributed by atoms with Gasteiger partial charge in [0.2, 0.25) is 0 Å². The van der Waals surface area contributed by atoms with E-state index in [1.54, 1.807) is 40.0 Å². The number of nitrogens with zero attached hydrogens (tertiary/aromatic N) is 4. The number of carbonyl (C=O) groups excluding carboxylic acids is 1. The zero-order valence-electron chi connectivity index (χ0n) is 15.4. The first-order chi connectivity index (χ1) is 12.1. The fraction of sp³-hybridized carbons (Fsp3) is 0.471. The first-order valence-electron chi connectivity index (χ1n) is 8.10. The van der Waals surface area contributed by atoms with Crippen LogP contribution in [0.1, 0.15) is 33.5 Å². The number of ether oxygens (including phenoxy) is 1. The van der Waals surface area contributed by atoms with Crippen LogP contribution in [-0.4, -0.2) is 44.7 Å². The summed E-state index contributed by atoms with van der Waals surface area (Å²) in [4.78, 5) is 28.1. The van der Waals surface area contributed by atoms with E-state index in [1.807, 2.05) is 6.92 Å². The smallest absolute Gasteiger partial charge is 0.410 e. The van der Waals surface area contributed by atoms with E-state index in [-0.39, 0.29) is 17.6 Å². The van der Waals surface area contributed by atoms with Crippen LogP contribution in [0.4, 0.5) is 10.5 Å². The molecule has 1 aromatic heterocycles. The number of benzene rings is 1. The molecule has 0 spiro atoms. The highest BCUT2D eigenvalue weighted by atomic mass is 16.6. The molecule has 0 radical (unpaired) electrons. The molecule has 0 aliphatic rings. The molecule has 9 nitrogen and oxygen atoms in total. The van der Waals surface area contributed by atoms with Gasteiger partial charge in [-0.15, -0.1) is 0 Å². The van der Waals surface area contributed by atoms with Crippen LogP contribution in [-0.2, 0) is 11.2 Å². The Labute approximate surface area is 151 Å². The molecule has 1 amide bonds. The topological polar surface area (TPSA) is 112 Å². The van der Waals surface area contributed by atoms with Crippen molar-refractivity contribution in [3.8, 4) is 11.5 Å². The average molecular weight is 362 g/mol. The summed E-state index contributed by atoms with van der Waals surface area (Å²) >= 11 is 0. The Morgan fingerprint density at radius 3 is 2.50 bits per heavy atom. The second kappa shape index (κ2) is 7.51. The summed E-state index contributed by atoms with van der Waals surface area (Å²) in [7, 11) is 1.65. The largest absolute Gasteiger partial charge is 0.444 e. The quantitative estimate of drug-likeness (QED) is 0.591. The van der Waals surface area contributed by atoms with Crippen LogP contribution in [0.2, 0.25) is 0 Å². The van der Waals surface area contributed by atoms with Crippen molar-refractivity contribution in [2.45, 2.75) is 45.8 Å². The van der Waals surface area contributed by atoms with Crippen molar-refractivity contribution in [3.63, 3.8) is 0 Å². The molecule has 140 valence electrons. The van der Waals surface area contributed by atoms with Crippen LogP contribution in [0, 0.1) is 10.1 Å². The van der Waals surface area contributed by atoms with Crippen molar-refractivity contribution in [1.82, 2.24) is 15.0 Å². The molecule has 0 fully saturated rings. The Balaban J connectivity index is 2.03. The number of nitro benzene ring substituents is 1. The summed E-state index contributed by atoms with van der Waals surface area (Å²) in [6.45, 7) is 7.27. The lowest BCUT2D eigenvalue weighted by Gasteiger charge is -2.28. The molecule has 0 saturated heterocycles. The molecule has 1 atom stereocenters. The lowest BCUT2D eigenvalue weighted by Crippen LogP contribution is -2.40. The zero-order chi connectivity index (χ0) is 19.5. The van der Waals surface area contributed by atoms with E-state index in [2.05, 4.69) is 10.1 Å². The SMILES string of the molecule is C[C@@H](Cc1noc(-c2ccc([N+](=O)[O-])cc2)n1)N(C)C(=O)OC(C)(C)C. The van der Waals surface area contributed by atoms with Gasteiger partial charge in [0.25, 0.3) is 11.6 Å². The van der Waals surface area contributed by atoms with E-state index in [0.29, 0.717) is 17.8 Å². The normalized spacial score (nSPS) is 12.5. The van der Waals surface area contributed by atoms with Gasteiger partial charge in [0, 0.05) is 37.2 Å². The highest BCUT2D eigenvalue weighted by Gasteiger charge is 2.24. The van der Waals surface area contributed by atoms with Gasteiger partial charge >= 0.3 is 6.09 Å². The Kier molecular flexibility index (Phi) is 5.59. The minimum absolute atomic E-state index is 0.0129. The van der Waals surface area contributed by atoms with Crippen molar-refractivity contribution in [2.24, 2.45) is 0 Å². The highest BCUT2D eigenvalue weighted by Crippen LogP contribution is 2.21. The van der Waals surface area contributed by atoms with Crippen LogP contribution >= 0.6 is 0 Å². The van der Waals surface area contributed by atoms with Crippen molar-refractivity contribution < 1.29 is 19.0 Å². The van der Waals surface area contributed by atoms with Crippen molar-refractivity contribution in [1.29, 1.82) is 0 Å². The Morgan fingerprint density at radius 2 is 1.96 bits per heavy atom. The number of rotatable bonds is 5. The summed E-state index contributed by atoms with van der Waals surface area (Å²) in [6, 6.07) is 5.64. The van der Waals surface area contributed by atoms with E-state index in [1.165, 1.54) is 17.0 Å². The standard InChI is InChI=1S/C17H22N4O5/c1-11(20(5)16(22)25-17(2,3)4)10-14-18-15(26-19-14)12-6-8-13(9-7-12)21(23)24/h6-9,11H,10H2,1-5H3/t11-/m0/s1. The molecule has 1 heterocycles. The van der Waals surface area contributed by atoms with Gasteiger partial charge in [0.05, 0.1) is 4.92 Å². The molecular formula is C17H22N4O5. The van der Waals surface area contributed by atoms with Crippen molar-refractivity contribution >= 4 is 11.8 Å². The van der Waals surface area contributed by atoms with Crippen LogP contribution in [0.3, 0.4) is 0 Å². The molecule has 0 saturated carbocycles. The molecule has 9 heteroatoms. The van der Waals surface area contributed by atoms with Crippen molar-refractivity contribution in [3.05, 3.63) is 40.2 Å². The van der Waals surface area contributed by atoms with Gasteiger partial charge in [-0.2, -0.15) is 4.98 Å². The van der Waals surface area contributed by atoms with Crippen molar-refractivity contribution in [2.75, 3.05) is 7.05 Å². The predicted octanol–water partition coefficient (Wildman–Crippen LogP) is 3.44. The van der Waals surface area contributed by atoms with Gasteiger partial charge in [-0.1, -0.05) is 5.16 Å². The number of carbonyl (C=O) groups is 1. The first-order valence-corrected chi connectivity index (χ1v) is 8.10. The molecule has 26 heavy (non-hydrogen) atoms. The number of amides is 1. The van der Waals surface area contributed by atoms with Crippen LogP contribution < -0.4 is 0 Å². The number of hydrogen-bond donors (Lipinski definition) is 0. The minimum atomic E-state index is -0.569. The Bertz CT molecular complexity index is 779. The van der Waals surface area contributed by atoms with E-state index in [0.717, 1.165) is 0 Å². The average Bonchev–Trinajstić information content (AvgIpc) is 3.01. The monoisotopic (exact) mass is 362 g/mol. The Hall–Kier alpha value is -2.97. The van der Waals surface area contributed by atoms with E-state index in [4.69, 9.17) is 9.26 Å². The first kappa shape index (κ1) is 19.4. The van der Waals surface area contributed by atoms with Gasteiger partial charge in [-0.25, -0.2) is 4.79 Å². The molecule has 0 aliphatic heterocycles. The van der Waals surface area contributed by atoms with Gasteiger partial charge < -0.3 is 14.2 Å². The van der Waals surface area contributed by atoms with Gasteiger partial charge in [-0.3, -0.25) is 10.1 Å². The second-order valence-electron chi connectivity index (χ2n) is 6.96. The lowest BCUT2D eigenvalue weighted by molar-refractivity contribution is -0.384. The lowest BCUT2D eigenvalue weighted by atomic mass is 10.2. The molecular weight excluding hydrogens is 340 g/mol. The minimum Gasteiger partial charge on any atom is -0.444 e. The second-order valence-corrected chi connectivity index (χ2v) is 6.96. The fourth-order valence-corrected chi connectivity index (χ4v) is 2.09. The van der Waals surface area contributed by atoms with E-state index >= 15 is 0 Å². The summed E-state index contributed by atoms with van der Waals surface area (Å²) in [5, 5.41) is 14.6. The summed E-state index contributed by atoms with van der Waals surface area (Å²) in [6.07, 6.45) is -0.0456. The third-order valence-electron chi connectivity index (χ3n) is 3.61. The maximum Gasteiger partial charge on any atom is 0.410 e. The fourth-order valence-electron chi connectivity index (χ4n) is 2.09. The molecule has 0 N–H and O–H groups in total. The third-order valence-corrected chi connectivity index (χ3v) is 3.61. The van der Waals surface area contributed by atoms with Crippen LogP contribution in [0.15, 0.2) is 28.8 Å². The molecule has 0 unspecified atom stereocenters.